The van der Waals surface area contributed by atoms with E-state index in [1.54, 1.807) is 0 Å². The van der Waals surface area contributed by atoms with Gasteiger partial charge in [-0.2, -0.15) is 0 Å². The van der Waals surface area contributed by atoms with E-state index in [9.17, 15) is 0 Å². The lowest BCUT2D eigenvalue weighted by atomic mass is 9.92. The van der Waals surface area contributed by atoms with Crippen LogP contribution >= 0.6 is 0 Å². The first-order valence-electron chi connectivity index (χ1n) is 8.12. The lowest BCUT2D eigenvalue weighted by molar-refractivity contribution is -0.159. The van der Waals surface area contributed by atoms with Gasteiger partial charge in [-0.05, 0) is 35.6 Å². The third-order valence-electron chi connectivity index (χ3n) is 4.75. The highest BCUT2D eigenvalue weighted by Crippen LogP contribution is 2.38. The van der Waals surface area contributed by atoms with Gasteiger partial charge in [0, 0.05) is 19.0 Å². The molecule has 0 atom stereocenters. The Kier molecular flexibility index (Phi) is 3.31. The van der Waals surface area contributed by atoms with Gasteiger partial charge in [0.2, 0.25) is 0 Å². The Morgan fingerprint density at radius 1 is 1.23 bits per heavy atom. The van der Waals surface area contributed by atoms with Crippen molar-refractivity contribution in [1.82, 2.24) is 9.97 Å². The smallest absolute Gasteiger partial charge is 0.172 e. The highest BCUT2D eigenvalue weighted by Gasteiger charge is 2.37. The molecular formula is C18H22N2O2. The van der Waals surface area contributed by atoms with E-state index in [0.717, 1.165) is 36.0 Å². The number of ether oxygens (including phenoxy) is 2. The second-order valence-electron chi connectivity index (χ2n) is 6.53. The minimum Gasteiger partial charge on any atom is -0.360 e. The van der Waals surface area contributed by atoms with Gasteiger partial charge in [-0.1, -0.05) is 19.9 Å². The molecule has 0 amide bonds. The van der Waals surface area contributed by atoms with Gasteiger partial charge in [-0.15, -0.1) is 0 Å². The lowest BCUT2D eigenvalue weighted by Crippen LogP contribution is -2.31. The molecule has 4 heteroatoms. The second kappa shape index (κ2) is 5.21. The lowest BCUT2D eigenvalue weighted by Gasteiger charge is -2.30. The van der Waals surface area contributed by atoms with Crippen LogP contribution in [0.2, 0.25) is 0 Å². The second-order valence-corrected chi connectivity index (χ2v) is 6.53. The monoisotopic (exact) mass is 298 g/mol. The molecule has 2 aromatic heterocycles. The van der Waals surface area contributed by atoms with Crippen LogP contribution in [0.5, 0.6) is 0 Å². The topological polar surface area (TPSA) is 47.1 Å². The number of aromatic amines is 1. The average Bonchev–Trinajstić information content (AvgIpc) is 3.14. The summed E-state index contributed by atoms with van der Waals surface area (Å²) in [6, 6.07) is 4.25. The number of nitrogens with one attached hydrogen (secondary N) is 1. The zero-order valence-corrected chi connectivity index (χ0v) is 13.2. The van der Waals surface area contributed by atoms with E-state index in [1.807, 2.05) is 0 Å². The largest absolute Gasteiger partial charge is 0.360 e. The van der Waals surface area contributed by atoms with E-state index in [0.29, 0.717) is 19.1 Å². The third kappa shape index (κ3) is 2.27. The van der Waals surface area contributed by atoms with Crippen LogP contribution in [-0.2, 0) is 9.47 Å². The van der Waals surface area contributed by atoms with Crippen molar-refractivity contribution in [2.24, 2.45) is 0 Å². The average molecular weight is 298 g/mol. The number of aromatic nitrogens is 2. The van der Waals surface area contributed by atoms with E-state index >= 15 is 0 Å². The maximum atomic E-state index is 5.78. The Labute approximate surface area is 130 Å². The number of hydrogen-bond donors (Lipinski definition) is 1. The van der Waals surface area contributed by atoms with Crippen LogP contribution in [0.1, 0.15) is 50.3 Å². The van der Waals surface area contributed by atoms with E-state index in [1.165, 1.54) is 11.1 Å². The summed E-state index contributed by atoms with van der Waals surface area (Å²) in [4.78, 5) is 8.23. The fourth-order valence-corrected chi connectivity index (χ4v) is 3.44. The molecule has 0 radical (unpaired) electrons. The van der Waals surface area contributed by atoms with Gasteiger partial charge < -0.3 is 14.5 Å². The third-order valence-corrected chi connectivity index (χ3v) is 4.75. The van der Waals surface area contributed by atoms with Gasteiger partial charge in [0.1, 0.15) is 0 Å². The molecule has 1 N–H and O–H groups in total. The molecular weight excluding hydrogens is 276 g/mol. The summed E-state index contributed by atoms with van der Waals surface area (Å²) in [6.45, 7) is 5.84. The first kappa shape index (κ1) is 14.0. The highest BCUT2D eigenvalue weighted by molar-refractivity contribution is 5.82. The summed E-state index contributed by atoms with van der Waals surface area (Å²) in [5, 5.41) is 0. The first-order chi connectivity index (χ1) is 10.7. The molecule has 22 heavy (non-hydrogen) atoms. The molecule has 1 fully saturated rings. The summed E-state index contributed by atoms with van der Waals surface area (Å²) in [7, 11) is 0. The van der Waals surface area contributed by atoms with Gasteiger partial charge in [0.15, 0.2) is 5.79 Å². The zero-order chi connectivity index (χ0) is 15.2. The number of allylic oxidation sites excluding steroid dienone is 1. The molecule has 1 spiro atoms. The Bertz CT molecular complexity index is 724. The summed E-state index contributed by atoms with van der Waals surface area (Å²) < 4.78 is 11.6. The summed E-state index contributed by atoms with van der Waals surface area (Å²) in [5.74, 6) is 0.116. The maximum Gasteiger partial charge on any atom is 0.172 e. The van der Waals surface area contributed by atoms with E-state index in [-0.39, 0.29) is 5.79 Å². The molecule has 116 valence electrons. The number of fused-ring (bicyclic) bond motifs is 1. The minimum atomic E-state index is -0.356. The maximum absolute atomic E-state index is 5.78. The molecule has 0 aromatic carbocycles. The normalized spacial score (nSPS) is 21.0. The number of pyridine rings is 1. The Balaban J connectivity index is 1.66. The van der Waals surface area contributed by atoms with Crippen LogP contribution in [0.4, 0.5) is 0 Å². The highest BCUT2D eigenvalue weighted by atomic mass is 16.7. The Hall–Kier alpha value is -1.65. The molecule has 3 heterocycles. The minimum absolute atomic E-state index is 0.356. The van der Waals surface area contributed by atoms with Crippen LogP contribution in [0.25, 0.3) is 16.6 Å². The van der Waals surface area contributed by atoms with Crippen molar-refractivity contribution in [2.45, 2.75) is 44.8 Å². The fraction of sp³-hybridized carbons (Fsp3) is 0.500. The summed E-state index contributed by atoms with van der Waals surface area (Å²) >= 11 is 0. The molecule has 1 aliphatic carbocycles. The molecule has 0 unspecified atom stereocenters. The molecule has 0 saturated carbocycles. The number of nitrogens with zero attached hydrogens (tertiary/aromatic N) is 1. The molecule has 2 aliphatic rings. The molecule has 4 nitrogen and oxygen atoms in total. The van der Waals surface area contributed by atoms with Crippen LogP contribution in [0.3, 0.4) is 0 Å². The van der Waals surface area contributed by atoms with Crippen molar-refractivity contribution in [1.29, 1.82) is 0 Å². The quantitative estimate of drug-likeness (QED) is 0.911. The molecule has 0 bridgehead atoms. The summed E-state index contributed by atoms with van der Waals surface area (Å²) in [5.41, 5.74) is 5.89. The van der Waals surface area contributed by atoms with Crippen molar-refractivity contribution in [3.63, 3.8) is 0 Å². The van der Waals surface area contributed by atoms with Gasteiger partial charge in [0.25, 0.3) is 0 Å². The standard InChI is InChI=1S/C18H22N2O2/c1-12(2)14-11-19-16-4-3-15(20-17(14)16)13-5-7-18(8-6-13)21-9-10-22-18/h3-5,11-12,19H,6-10H2,1-2H3. The zero-order valence-electron chi connectivity index (χ0n) is 13.2. The van der Waals surface area contributed by atoms with Crippen molar-refractivity contribution < 1.29 is 9.47 Å². The fourth-order valence-electron chi connectivity index (χ4n) is 3.44. The molecule has 4 rings (SSSR count). The van der Waals surface area contributed by atoms with Crippen LogP contribution < -0.4 is 0 Å². The van der Waals surface area contributed by atoms with Crippen LogP contribution in [0, 0.1) is 0 Å². The van der Waals surface area contributed by atoms with Gasteiger partial charge in [-0.3, -0.25) is 0 Å². The number of rotatable bonds is 2. The van der Waals surface area contributed by atoms with Gasteiger partial charge in [-0.25, -0.2) is 4.98 Å². The van der Waals surface area contributed by atoms with Crippen molar-refractivity contribution in [3.8, 4) is 0 Å². The van der Waals surface area contributed by atoms with Crippen LogP contribution in [0.15, 0.2) is 24.4 Å². The van der Waals surface area contributed by atoms with E-state index in [2.05, 4.69) is 43.2 Å². The first-order valence-corrected chi connectivity index (χ1v) is 8.12. The van der Waals surface area contributed by atoms with Crippen molar-refractivity contribution in [2.75, 3.05) is 13.2 Å². The van der Waals surface area contributed by atoms with E-state index in [4.69, 9.17) is 14.5 Å². The van der Waals surface area contributed by atoms with Crippen molar-refractivity contribution >= 4 is 16.6 Å². The number of hydrogen-bond acceptors (Lipinski definition) is 3. The SMILES string of the molecule is CC(C)c1c[nH]c2ccc(C3=CCC4(CC3)OCCO4)nc12. The Morgan fingerprint density at radius 3 is 2.73 bits per heavy atom. The van der Waals surface area contributed by atoms with Gasteiger partial charge >= 0.3 is 0 Å². The predicted octanol–water partition coefficient (Wildman–Crippen LogP) is 4.00. The Morgan fingerprint density at radius 2 is 2.05 bits per heavy atom. The van der Waals surface area contributed by atoms with Crippen LogP contribution in [-0.4, -0.2) is 29.0 Å². The van der Waals surface area contributed by atoms with Crippen molar-refractivity contribution in [3.05, 3.63) is 35.7 Å². The molecule has 1 aliphatic heterocycles. The molecule has 1 saturated heterocycles. The van der Waals surface area contributed by atoms with E-state index < -0.39 is 0 Å². The van der Waals surface area contributed by atoms with Gasteiger partial charge in [0.05, 0.1) is 29.9 Å². The molecule has 2 aromatic rings. The summed E-state index contributed by atoms with van der Waals surface area (Å²) in [6.07, 6.45) is 7.02. The number of H-pyrrole nitrogens is 1. The predicted molar refractivity (Wildman–Crippen MR) is 86.6 cm³/mol.